The van der Waals surface area contributed by atoms with Crippen LogP contribution in [-0.2, 0) is 15.8 Å². The second kappa shape index (κ2) is 5.10. The highest BCUT2D eigenvalue weighted by Crippen LogP contribution is 2.60. The van der Waals surface area contributed by atoms with Crippen molar-refractivity contribution in [2.24, 2.45) is 11.3 Å². The number of rotatable bonds is 7. The van der Waals surface area contributed by atoms with Crippen LogP contribution in [0.3, 0.4) is 0 Å². The minimum atomic E-state index is -3.36. The van der Waals surface area contributed by atoms with Gasteiger partial charge in [0.25, 0.3) is 0 Å². The Labute approximate surface area is 124 Å². The van der Waals surface area contributed by atoms with Crippen LogP contribution >= 0.6 is 0 Å². The molecule has 2 N–H and O–H groups in total. The minimum Gasteiger partial charge on any atom is -0.478 e. The SMILES string of the molecule is O=C(O)c1ccc(CS(=O)(=O)NCC2(C3CC3)CC2)cc1. The molecule has 0 heterocycles. The summed E-state index contributed by atoms with van der Waals surface area (Å²) in [5, 5.41) is 8.82. The first kappa shape index (κ1) is 14.5. The van der Waals surface area contributed by atoms with Crippen molar-refractivity contribution < 1.29 is 18.3 Å². The number of aromatic carboxylic acids is 1. The summed E-state index contributed by atoms with van der Waals surface area (Å²) < 4.78 is 26.9. The molecule has 114 valence electrons. The van der Waals surface area contributed by atoms with Gasteiger partial charge < -0.3 is 5.11 Å². The number of carbonyl (C=O) groups is 1. The number of hydrogen-bond acceptors (Lipinski definition) is 3. The lowest BCUT2D eigenvalue weighted by molar-refractivity contribution is 0.0697. The molecule has 5 nitrogen and oxygen atoms in total. The van der Waals surface area contributed by atoms with E-state index in [4.69, 9.17) is 5.11 Å². The van der Waals surface area contributed by atoms with Gasteiger partial charge in [0.1, 0.15) is 0 Å². The maximum atomic E-state index is 12.1. The second-order valence-corrected chi connectivity index (χ2v) is 8.03. The van der Waals surface area contributed by atoms with E-state index in [1.165, 1.54) is 25.0 Å². The van der Waals surface area contributed by atoms with Crippen LogP contribution in [0.5, 0.6) is 0 Å². The first-order valence-corrected chi connectivity index (χ1v) is 8.85. The Hall–Kier alpha value is -1.40. The van der Waals surface area contributed by atoms with Gasteiger partial charge in [-0.15, -0.1) is 0 Å². The molecule has 0 spiro atoms. The summed E-state index contributed by atoms with van der Waals surface area (Å²) in [5.41, 5.74) is 0.999. The average molecular weight is 309 g/mol. The van der Waals surface area contributed by atoms with Crippen molar-refractivity contribution in [3.63, 3.8) is 0 Å². The van der Waals surface area contributed by atoms with Crippen LogP contribution in [-0.4, -0.2) is 26.0 Å². The van der Waals surface area contributed by atoms with Gasteiger partial charge in [0, 0.05) is 6.54 Å². The van der Waals surface area contributed by atoms with Crippen LogP contribution < -0.4 is 4.72 Å². The molecule has 0 amide bonds. The molecule has 2 aliphatic rings. The summed E-state index contributed by atoms with van der Waals surface area (Å²) in [5.74, 6) is -0.397. The zero-order valence-corrected chi connectivity index (χ0v) is 12.5. The Bertz CT molecular complexity index is 643. The topological polar surface area (TPSA) is 83.5 Å². The monoisotopic (exact) mass is 309 g/mol. The lowest BCUT2D eigenvalue weighted by atomic mass is 10.0. The predicted octanol–water partition coefficient (Wildman–Crippen LogP) is 1.99. The third-order valence-corrected chi connectivity index (χ3v) is 5.83. The van der Waals surface area contributed by atoms with E-state index in [9.17, 15) is 13.2 Å². The lowest BCUT2D eigenvalue weighted by Crippen LogP contribution is -2.32. The molecule has 0 atom stereocenters. The molecule has 0 saturated heterocycles. The quantitative estimate of drug-likeness (QED) is 0.807. The normalized spacial score (nSPS) is 20.2. The number of sulfonamides is 1. The Morgan fingerprint density at radius 1 is 1.24 bits per heavy atom. The number of hydrogen-bond donors (Lipinski definition) is 2. The first-order chi connectivity index (χ1) is 9.90. The minimum absolute atomic E-state index is 0.104. The highest BCUT2D eigenvalue weighted by Gasteiger charge is 2.53. The van der Waals surface area contributed by atoms with Crippen molar-refractivity contribution in [1.82, 2.24) is 4.72 Å². The van der Waals surface area contributed by atoms with E-state index < -0.39 is 16.0 Å². The number of carboxylic acids is 1. The van der Waals surface area contributed by atoms with Gasteiger partial charge in [-0.05, 0) is 54.7 Å². The summed E-state index contributed by atoms with van der Waals surface area (Å²) in [6.45, 7) is 0.549. The standard InChI is InChI=1S/C15H19NO4S/c17-14(18)12-3-1-11(2-4-12)9-21(19,20)16-10-15(7-8-15)13-5-6-13/h1-4,13,16H,5-10H2,(H,17,18). The van der Waals surface area contributed by atoms with Crippen molar-refractivity contribution in [3.05, 3.63) is 35.4 Å². The summed E-state index contributed by atoms with van der Waals surface area (Å²) in [4.78, 5) is 10.8. The van der Waals surface area contributed by atoms with Crippen molar-refractivity contribution in [2.75, 3.05) is 6.54 Å². The zero-order chi connectivity index (χ0) is 15.1. The predicted molar refractivity (Wildman–Crippen MR) is 78.4 cm³/mol. The molecular formula is C15H19NO4S. The highest BCUT2D eigenvalue weighted by molar-refractivity contribution is 7.88. The van der Waals surface area contributed by atoms with E-state index >= 15 is 0 Å². The zero-order valence-electron chi connectivity index (χ0n) is 11.7. The fraction of sp³-hybridized carbons (Fsp3) is 0.533. The lowest BCUT2D eigenvalue weighted by Gasteiger charge is -2.15. The summed E-state index contributed by atoms with van der Waals surface area (Å²) >= 11 is 0. The maximum absolute atomic E-state index is 12.1. The molecule has 0 bridgehead atoms. The van der Waals surface area contributed by atoms with Crippen LogP contribution in [0, 0.1) is 11.3 Å². The van der Waals surface area contributed by atoms with Crippen LogP contribution in [0.2, 0.25) is 0 Å². The first-order valence-electron chi connectivity index (χ1n) is 7.20. The van der Waals surface area contributed by atoms with Gasteiger partial charge in [-0.3, -0.25) is 0 Å². The summed E-state index contributed by atoms with van der Waals surface area (Å²) in [6, 6.07) is 5.96. The van der Waals surface area contributed by atoms with Gasteiger partial charge in [0.15, 0.2) is 0 Å². The van der Waals surface area contributed by atoms with Gasteiger partial charge in [0.05, 0.1) is 11.3 Å². The molecule has 0 unspecified atom stereocenters. The summed E-state index contributed by atoms with van der Waals surface area (Å²) in [6.07, 6.45) is 4.73. The van der Waals surface area contributed by atoms with Crippen molar-refractivity contribution in [2.45, 2.75) is 31.4 Å². The Morgan fingerprint density at radius 3 is 2.33 bits per heavy atom. The van der Waals surface area contributed by atoms with Gasteiger partial charge >= 0.3 is 5.97 Å². The van der Waals surface area contributed by atoms with Gasteiger partial charge in [0.2, 0.25) is 10.0 Å². The van der Waals surface area contributed by atoms with Crippen molar-refractivity contribution in [3.8, 4) is 0 Å². The molecule has 1 aromatic carbocycles. The number of nitrogens with one attached hydrogen (secondary N) is 1. The molecule has 0 aromatic heterocycles. The molecule has 0 aliphatic heterocycles. The Balaban J connectivity index is 1.59. The number of carboxylic acid groups (broad SMARTS) is 1. The van der Waals surface area contributed by atoms with Gasteiger partial charge in [-0.25, -0.2) is 17.9 Å². The molecule has 2 saturated carbocycles. The highest BCUT2D eigenvalue weighted by atomic mass is 32.2. The Morgan fingerprint density at radius 2 is 1.86 bits per heavy atom. The van der Waals surface area contributed by atoms with Crippen LogP contribution in [0.25, 0.3) is 0 Å². The van der Waals surface area contributed by atoms with E-state index in [1.807, 2.05) is 0 Å². The van der Waals surface area contributed by atoms with E-state index in [0.717, 1.165) is 18.8 Å². The largest absolute Gasteiger partial charge is 0.478 e. The fourth-order valence-corrected chi connectivity index (χ4v) is 4.09. The van der Waals surface area contributed by atoms with E-state index in [0.29, 0.717) is 12.1 Å². The van der Waals surface area contributed by atoms with Crippen molar-refractivity contribution >= 4 is 16.0 Å². The van der Waals surface area contributed by atoms with E-state index in [1.54, 1.807) is 12.1 Å². The van der Waals surface area contributed by atoms with Crippen LogP contribution in [0.1, 0.15) is 41.6 Å². The second-order valence-electron chi connectivity index (χ2n) is 6.22. The molecule has 3 rings (SSSR count). The third-order valence-electron chi connectivity index (χ3n) is 4.54. The third kappa shape index (κ3) is 3.44. The molecular weight excluding hydrogens is 290 g/mol. The molecule has 0 radical (unpaired) electrons. The van der Waals surface area contributed by atoms with Crippen LogP contribution in [0.4, 0.5) is 0 Å². The van der Waals surface area contributed by atoms with E-state index in [-0.39, 0.29) is 16.7 Å². The van der Waals surface area contributed by atoms with Gasteiger partial charge in [-0.2, -0.15) is 0 Å². The fourth-order valence-electron chi connectivity index (χ4n) is 2.85. The van der Waals surface area contributed by atoms with E-state index in [2.05, 4.69) is 4.72 Å². The van der Waals surface area contributed by atoms with Crippen molar-refractivity contribution in [1.29, 1.82) is 0 Å². The molecule has 2 aliphatic carbocycles. The maximum Gasteiger partial charge on any atom is 0.335 e. The molecule has 2 fully saturated rings. The number of benzene rings is 1. The molecule has 6 heteroatoms. The smallest absolute Gasteiger partial charge is 0.335 e. The average Bonchev–Trinajstić information content (AvgIpc) is 3.28. The summed E-state index contributed by atoms with van der Waals surface area (Å²) in [7, 11) is -3.36. The van der Waals surface area contributed by atoms with Gasteiger partial charge in [-0.1, -0.05) is 12.1 Å². The Kier molecular flexibility index (Phi) is 3.53. The molecule has 1 aromatic rings. The van der Waals surface area contributed by atoms with Crippen LogP contribution in [0.15, 0.2) is 24.3 Å². The molecule has 21 heavy (non-hydrogen) atoms.